The highest BCUT2D eigenvalue weighted by molar-refractivity contribution is 7.90. The van der Waals surface area contributed by atoms with E-state index >= 15 is 0 Å². The molecule has 4 atom stereocenters. The molecule has 1 aromatic carbocycles. The van der Waals surface area contributed by atoms with E-state index in [1.54, 1.807) is 0 Å². The summed E-state index contributed by atoms with van der Waals surface area (Å²) in [6.07, 6.45) is -5.47. The molecule has 1 unspecified atom stereocenters. The Hall–Kier alpha value is -1.35. The molecule has 0 amide bonds. The van der Waals surface area contributed by atoms with Crippen LogP contribution in [-0.2, 0) is 9.84 Å². The molecule has 23 heavy (non-hydrogen) atoms. The summed E-state index contributed by atoms with van der Waals surface area (Å²) in [6.45, 7) is -0.125. The Morgan fingerprint density at radius 1 is 1.30 bits per heavy atom. The second kappa shape index (κ2) is 5.07. The zero-order valence-electron chi connectivity index (χ0n) is 12.0. The fraction of sp³-hybridized carbons (Fsp3) is 0.571. The quantitative estimate of drug-likeness (QED) is 0.844. The van der Waals surface area contributed by atoms with Crippen molar-refractivity contribution in [3.63, 3.8) is 0 Å². The van der Waals surface area contributed by atoms with E-state index in [1.165, 1.54) is 0 Å². The molecule has 1 aromatic rings. The van der Waals surface area contributed by atoms with Crippen LogP contribution in [0.25, 0.3) is 0 Å². The van der Waals surface area contributed by atoms with Crippen LogP contribution in [0, 0.1) is 5.92 Å². The molecule has 0 spiro atoms. The topological polar surface area (TPSA) is 63.6 Å². The predicted octanol–water partition coefficient (Wildman–Crippen LogP) is 2.52. The Morgan fingerprint density at radius 3 is 2.43 bits per heavy atom. The van der Waals surface area contributed by atoms with Gasteiger partial charge in [-0.05, 0) is 18.6 Å². The molecule has 0 heterocycles. The number of ether oxygens (including phenoxy) is 1. The molecule has 1 saturated carbocycles. The van der Waals surface area contributed by atoms with Gasteiger partial charge in [0.2, 0.25) is 0 Å². The second-order valence-electron chi connectivity index (χ2n) is 5.92. The molecular weight excluding hydrogens is 340 g/mol. The van der Waals surface area contributed by atoms with Crippen LogP contribution in [0.2, 0.25) is 0 Å². The largest absolute Gasteiger partial charge is 0.493 e. The van der Waals surface area contributed by atoms with Crippen LogP contribution in [-0.4, -0.2) is 38.5 Å². The fourth-order valence-corrected chi connectivity index (χ4v) is 3.63. The number of fused-ring (bicyclic) bond motifs is 1. The van der Waals surface area contributed by atoms with Crippen LogP contribution in [0.1, 0.15) is 29.8 Å². The Bertz CT molecular complexity index is 749. The van der Waals surface area contributed by atoms with Gasteiger partial charge < -0.3 is 9.84 Å². The van der Waals surface area contributed by atoms with E-state index < -0.39 is 50.2 Å². The van der Waals surface area contributed by atoms with Crippen molar-refractivity contribution in [2.45, 2.75) is 35.7 Å². The first-order valence-corrected chi connectivity index (χ1v) is 8.78. The molecule has 0 aromatic heterocycles. The van der Waals surface area contributed by atoms with Crippen molar-refractivity contribution in [2.75, 3.05) is 12.9 Å². The lowest BCUT2D eigenvalue weighted by Crippen LogP contribution is -2.24. The van der Waals surface area contributed by atoms with E-state index in [0.717, 1.165) is 18.4 Å². The molecular formula is C14H14F4O4S. The zero-order valence-corrected chi connectivity index (χ0v) is 12.8. The summed E-state index contributed by atoms with van der Waals surface area (Å²) >= 11 is 0. The van der Waals surface area contributed by atoms with Gasteiger partial charge in [0.15, 0.2) is 16.0 Å². The van der Waals surface area contributed by atoms with Crippen molar-refractivity contribution < 1.29 is 35.8 Å². The Balaban J connectivity index is 2.08. The van der Waals surface area contributed by atoms with Crippen molar-refractivity contribution >= 4 is 9.84 Å². The molecule has 0 saturated heterocycles. The molecule has 3 rings (SSSR count). The number of benzene rings is 1. The van der Waals surface area contributed by atoms with Gasteiger partial charge in [0, 0.05) is 23.3 Å². The molecule has 4 nitrogen and oxygen atoms in total. The number of halogens is 4. The van der Waals surface area contributed by atoms with Crippen molar-refractivity contribution in [1.29, 1.82) is 0 Å². The highest BCUT2D eigenvalue weighted by Gasteiger charge is 2.59. The average molecular weight is 354 g/mol. The summed E-state index contributed by atoms with van der Waals surface area (Å²) in [7, 11) is -3.95. The first-order chi connectivity index (χ1) is 10.5. The van der Waals surface area contributed by atoms with Crippen molar-refractivity contribution in [3.8, 4) is 5.75 Å². The predicted molar refractivity (Wildman–Crippen MR) is 71.8 cm³/mol. The van der Waals surface area contributed by atoms with Crippen molar-refractivity contribution in [1.82, 2.24) is 0 Å². The van der Waals surface area contributed by atoms with Gasteiger partial charge in [-0.3, -0.25) is 0 Å². The minimum Gasteiger partial charge on any atom is -0.493 e. The van der Waals surface area contributed by atoms with Gasteiger partial charge in [-0.1, -0.05) is 0 Å². The standard InChI is InChI=1S/C14H14F4O4S/c1-23(20,21)9-3-2-8(22-5-6-4-7(6)15)10-11(9)13(19)14(17,18)12(10)16/h2-3,6-7,12-13,19H,4-5H2,1H3/t6-,7?,12+,13-/m0/s1. The van der Waals surface area contributed by atoms with Gasteiger partial charge in [-0.25, -0.2) is 17.2 Å². The molecule has 2 aliphatic rings. The van der Waals surface area contributed by atoms with Crippen LogP contribution < -0.4 is 4.74 Å². The summed E-state index contributed by atoms with van der Waals surface area (Å²) in [5.74, 6) is -4.84. The SMILES string of the molecule is CS(=O)(=O)c1ccc(OC[C@@H]2CC2F)c2c1[C@H](O)C(F)(F)[C@@H]2F. The number of aliphatic hydroxyl groups is 1. The second-order valence-corrected chi connectivity index (χ2v) is 7.91. The fourth-order valence-electron chi connectivity index (χ4n) is 2.69. The van der Waals surface area contributed by atoms with E-state index in [0.29, 0.717) is 0 Å². The third-order valence-corrected chi connectivity index (χ3v) is 5.28. The van der Waals surface area contributed by atoms with Crippen LogP contribution in [0.5, 0.6) is 5.75 Å². The zero-order chi connectivity index (χ0) is 17.2. The van der Waals surface area contributed by atoms with Crippen LogP contribution >= 0.6 is 0 Å². The van der Waals surface area contributed by atoms with Gasteiger partial charge in [-0.15, -0.1) is 0 Å². The number of hydrogen-bond donors (Lipinski definition) is 1. The van der Waals surface area contributed by atoms with E-state index in [1.807, 2.05) is 0 Å². The first-order valence-electron chi connectivity index (χ1n) is 6.88. The van der Waals surface area contributed by atoms with Crippen molar-refractivity contribution in [2.24, 2.45) is 5.92 Å². The molecule has 9 heteroatoms. The summed E-state index contributed by atoms with van der Waals surface area (Å²) < 4.78 is 83.2. The summed E-state index contributed by atoms with van der Waals surface area (Å²) in [6, 6.07) is 2.05. The van der Waals surface area contributed by atoms with Crippen LogP contribution in [0.4, 0.5) is 17.6 Å². The van der Waals surface area contributed by atoms with E-state index in [9.17, 15) is 31.1 Å². The van der Waals surface area contributed by atoms with Gasteiger partial charge in [0.1, 0.15) is 18.0 Å². The first kappa shape index (κ1) is 16.5. The van der Waals surface area contributed by atoms with Gasteiger partial charge >= 0.3 is 5.92 Å². The molecule has 2 aliphatic carbocycles. The van der Waals surface area contributed by atoms with Crippen LogP contribution in [0.15, 0.2) is 17.0 Å². The Morgan fingerprint density at radius 2 is 1.91 bits per heavy atom. The van der Waals surface area contributed by atoms with Crippen molar-refractivity contribution in [3.05, 3.63) is 23.3 Å². The minimum absolute atomic E-state index is 0.125. The summed E-state index contributed by atoms with van der Waals surface area (Å²) in [4.78, 5) is -0.568. The molecule has 128 valence electrons. The maximum Gasteiger partial charge on any atom is 0.312 e. The number of hydrogen-bond acceptors (Lipinski definition) is 4. The highest BCUT2D eigenvalue weighted by atomic mass is 32.2. The molecule has 0 bridgehead atoms. The molecule has 0 radical (unpaired) electrons. The molecule has 1 fully saturated rings. The molecule has 1 N–H and O–H groups in total. The number of rotatable bonds is 4. The number of aliphatic hydroxyl groups excluding tert-OH is 1. The lowest BCUT2D eigenvalue weighted by atomic mass is 10.1. The van der Waals surface area contributed by atoms with Gasteiger partial charge in [0.05, 0.1) is 11.5 Å². The monoisotopic (exact) mass is 354 g/mol. The summed E-state index contributed by atoms with van der Waals surface area (Å²) in [5.41, 5.74) is -1.36. The van der Waals surface area contributed by atoms with Crippen LogP contribution in [0.3, 0.4) is 0 Å². The molecule has 0 aliphatic heterocycles. The number of sulfone groups is 1. The van der Waals surface area contributed by atoms with E-state index in [2.05, 4.69) is 0 Å². The maximum absolute atomic E-state index is 14.1. The highest BCUT2D eigenvalue weighted by Crippen LogP contribution is 2.57. The van der Waals surface area contributed by atoms with E-state index in [4.69, 9.17) is 4.74 Å². The van der Waals surface area contributed by atoms with Gasteiger partial charge in [0.25, 0.3) is 0 Å². The minimum atomic E-state index is -4.16. The third-order valence-electron chi connectivity index (χ3n) is 4.13. The van der Waals surface area contributed by atoms with E-state index in [-0.39, 0.29) is 24.7 Å². The Kier molecular flexibility index (Phi) is 3.64. The lowest BCUT2D eigenvalue weighted by Gasteiger charge is -2.16. The third kappa shape index (κ3) is 2.59. The normalized spacial score (nSPS) is 31.7. The smallest absolute Gasteiger partial charge is 0.312 e. The van der Waals surface area contributed by atoms with Gasteiger partial charge in [-0.2, -0.15) is 8.78 Å². The Labute approximate surface area is 130 Å². The average Bonchev–Trinajstić information content (AvgIpc) is 3.12. The number of alkyl halides is 4. The lowest BCUT2D eigenvalue weighted by molar-refractivity contribution is -0.144. The maximum atomic E-state index is 14.1. The summed E-state index contributed by atoms with van der Waals surface area (Å²) in [5, 5.41) is 9.71.